The summed E-state index contributed by atoms with van der Waals surface area (Å²) in [6, 6.07) is 11.4. The summed E-state index contributed by atoms with van der Waals surface area (Å²) in [5, 5.41) is 0.817. The first-order chi connectivity index (χ1) is 12.7. The van der Waals surface area contributed by atoms with Crippen LogP contribution < -0.4 is 15.3 Å². The Morgan fingerprint density at radius 1 is 1.04 bits per heavy atom. The van der Waals surface area contributed by atoms with Crippen LogP contribution in [0, 0.1) is 0 Å². The number of halogens is 3. The van der Waals surface area contributed by atoms with Gasteiger partial charge in [0, 0.05) is 19.8 Å². The van der Waals surface area contributed by atoms with E-state index in [-0.39, 0.29) is 11.3 Å². The minimum absolute atomic E-state index is 0.0606. The Morgan fingerprint density at radius 3 is 2.30 bits per heavy atom. The maximum Gasteiger partial charge on any atom is 0.416 e. The molecular formula is C19H16F3N3O2. The fourth-order valence-electron chi connectivity index (χ4n) is 2.60. The van der Waals surface area contributed by atoms with E-state index in [0.717, 1.165) is 22.8 Å². The maximum atomic E-state index is 12.9. The maximum absolute atomic E-state index is 12.9. The van der Waals surface area contributed by atoms with E-state index < -0.39 is 23.6 Å². The van der Waals surface area contributed by atoms with Crippen molar-refractivity contribution in [3.63, 3.8) is 0 Å². The highest BCUT2D eigenvalue weighted by molar-refractivity contribution is 6.31. The number of alkyl halides is 3. The van der Waals surface area contributed by atoms with Crippen molar-refractivity contribution >= 4 is 29.3 Å². The van der Waals surface area contributed by atoms with Crippen LogP contribution in [-0.2, 0) is 15.8 Å². The predicted molar refractivity (Wildman–Crippen MR) is 95.8 cm³/mol. The first kappa shape index (κ1) is 18.5. The largest absolute Gasteiger partial charge is 0.416 e. The van der Waals surface area contributed by atoms with E-state index in [4.69, 9.17) is 0 Å². The van der Waals surface area contributed by atoms with Gasteiger partial charge in [-0.25, -0.2) is 5.01 Å². The fourth-order valence-corrected chi connectivity index (χ4v) is 2.60. The second-order valence-corrected chi connectivity index (χ2v) is 6.17. The van der Waals surface area contributed by atoms with Crippen molar-refractivity contribution in [2.24, 2.45) is 0 Å². The molecule has 3 rings (SSSR count). The fraction of sp³-hybridized carbons (Fsp3) is 0.158. The van der Waals surface area contributed by atoms with Crippen LogP contribution in [0.25, 0.3) is 6.08 Å². The first-order valence-corrected chi connectivity index (χ1v) is 7.98. The summed E-state index contributed by atoms with van der Waals surface area (Å²) in [4.78, 5) is 26.6. The van der Waals surface area contributed by atoms with Gasteiger partial charge in [0.05, 0.1) is 11.3 Å². The van der Waals surface area contributed by atoms with Gasteiger partial charge in [0.25, 0.3) is 11.8 Å². The number of hydrogen-bond acceptors (Lipinski definition) is 3. The van der Waals surface area contributed by atoms with Crippen LogP contribution in [0.1, 0.15) is 11.1 Å². The number of amides is 2. The average Bonchev–Trinajstić information content (AvgIpc) is 2.90. The number of hydrogen-bond donors (Lipinski definition) is 1. The van der Waals surface area contributed by atoms with Gasteiger partial charge in [0.1, 0.15) is 5.57 Å². The van der Waals surface area contributed by atoms with Gasteiger partial charge in [-0.2, -0.15) is 13.2 Å². The Kier molecular flexibility index (Phi) is 4.65. The lowest BCUT2D eigenvalue weighted by atomic mass is 10.1. The number of carbonyl (C=O) groups is 2. The Balaban J connectivity index is 1.89. The van der Waals surface area contributed by atoms with Crippen LogP contribution in [-0.4, -0.2) is 25.9 Å². The summed E-state index contributed by atoms with van der Waals surface area (Å²) in [7, 11) is 3.77. The quantitative estimate of drug-likeness (QED) is 0.662. The summed E-state index contributed by atoms with van der Waals surface area (Å²) < 4.78 is 38.6. The molecule has 0 bridgehead atoms. The van der Waals surface area contributed by atoms with E-state index in [0.29, 0.717) is 5.56 Å². The third kappa shape index (κ3) is 3.79. The van der Waals surface area contributed by atoms with Crippen molar-refractivity contribution in [1.82, 2.24) is 5.43 Å². The van der Waals surface area contributed by atoms with Crippen molar-refractivity contribution < 1.29 is 22.8 Å². The number of anilines is 2. The molecule has 0 unspecified atom stereocenters. The van der Waals surface area contributed by atoms with E-state index >= 15 is 0 Å². The summed E-state index contributed by atoms with van der Waals surface area (Å²) in [6.07, 6.45) is -3.14. The van der Waals surface area contributed by atoms with E-state index in [9.17, 15) is 22.8 Å². The molecule has 1 aliphatic rings. The van der Waals surface area contributed by atoms with Crippen LogP contribution in [0.5, 0.6) is 0 Å². The lowest BCUT2D eigenvalue weighted by Crippen LogP contribution is -2.35. The average molecular weight is 375 g/mol. The molecule has 0 spiro atoms. The normalized spacial score (nSPS) is 16.0. The molecule has 1 saturated heterocycles. The molecule has 0 radical (unpaired) electrons. The number of benzene rings is 2. The predicted octanol–water partition coefficient (Wildman–Crippen LogP) is 3.23. The second kappa shape index (κ2) is 6.79. The zero-order valence-electron chi connectivity index (χ0n) is 14.5. The highest BCUT2D eigenvalue weighted by atomic mass is 19.4. The third-order valence-corrected chi connectivity index (χ3v) is 4.04. The van der Waals surface area contributed by atoms with Crippen molar-refractivity contribution in [3.05, 3.63) is 65.2 Å². The summed E-state index contributed by atoms with van der Waals surface area (Å²) in [5.41, 5.74) is 2.77. The van der Waals surface area contributed by atoms with Gasteiger partial charge < -0.3 is 4.90 Å². The summed E-state index contributed by atoms with van der Waals surface area (Å²) in [6.45, 7) is 0. The number of carbonyl (C=O) groups excluding carboxylic acids is 2. The lowest BCUT2D eigenvalue weighted by molar-refractivity contribution is -0.137. The molecule has 140 valence electrons. The van der Waals surface area contributed by atoms with E-state index in [2.05, 4.69) is 5.43 Å². The van der Waals surface area contributed by atoms with Gasteiger partial charge in [-0.15, -0.1) is 0 Å². The van der Waals surface area contributed by atoms with Gasteiger partial charge in [0.2, 0.25) is 0 Å². The Labute approximate surface area is 153 Å². The lowest BCUT2D eigenvalue weighted by Gasteiger charge is -2.16. The molecule has 0 aromatic heterocycles. The van der Waals surface area contributed by atoms with Gasteiger partial charge >= 0.3 is 6.18 Å². The molecule has 2 amide bonds. The molecule has 8 heteroatoms. The van der Waals surface area contributed by atoms with E-state index in [1.165, 1.54) is 18.2 Å². The molecule has 0 atom stereocenters. The Bertz CT molecular complexity index is 919. The molecule has 1 heterocycles. The van der Waals surface area contributed by atoms with Gasteiger partial charge in [-0.1, -0.05) is 18.2 Å². The number of rotatable bonds is 3. The molecule has 0 saturated carbocycles. The standard InChI is InChI=1S/C19H16F3N3O2/c1-24(2)14-8-6-12(7-9-14)10-16-17(26)23-25(18(16)27)15-5-3-4-13(11-15)19(20,21)22/h3-11H,1-2H3,(H,23,26)/b16-10+. The van der Waals surface area contributed by atoms with Crippen molar-refractivity contribution in [1.29, 1.82) is 0 Å². The molecular weight excluding hydrogens is 359 g/mol. The molecule has 2 aromatic carbocycles. The van der Waals surface area contributed by atoms with Crippen molar-refractivity contribution in [3.8, 4) is 0 Å². The zero-order chi connectivity index (χ0) is 19.8. The van der Waals surface area contributed by atoms with Crippen LogP contribution >= 0.6 is 0 Å². The number of nitrogens with zero attached hydrogens (tertiary/aromatic N) is 2. The molecule has 27 heavy (non-hydrogen) atoms. The summed E-state index contributed by atoms with van der Waals surface area (Å²) in [5.74, 6) is -1.38. The summed E-state index contributed by atoms with van der Waals surface area (Å²) >= 11 is 0. The molecule has 1 N–H and O–H groups in total. The van der Waals surface area contributed by atoms with Gasteiger partial charge in [0.15, 0.2) is 0 Å². The topological polar surface area (TPSA) is 52.7 Å². The highest BCUT2D eigenvalue weighted by Crippen LogP contribution is 2.32. The highest BCUT2D eigenvalue weighted by Gasteiger charge is 2.36. The molecule has 1 fully saturated rings. The van der Waals surface area contributed by atoms with Gasteiger partial charge in [-0.3, -0.25) is 15.0 Å². The molecule has 5 nitrogen and oxygen atoms in total. The first-order valence-electron chi connectivity index (χ1n) is 7.98. The van der Waals surface area contributed by atoms with Crippen LogP contribution in [0.2, 0.25) is 0 Å². The minimum Gasteiger partial charge on any atom is -0.378 e. The van der Waals surface area contributed by atoms with Crippen LogP contribution in [0.3, 0.4) is 0 Å². The molecule has 0 aliphatic carbocycles. The number of nitrogens with one attached hydrogen (secondary N) is 1. The Morgan fingerprint density at radius 2 is 1.70 bits per heavy atom. The molecule has 2 aromatic rings. The van der Waals surface area contributed by atoms with Gasteiger partial charge in [-0.05, 0) is 42.0 Å². The second-order valence-electron chi connectivity index (χ2n) is 6.17. The smallest absolute Gasteiger partial charge is 0.378 e. The van der Waals surface area contributed by atoms with Crippen LogP contribution in [0.4, 0.5) is 24.5 Å². The SMILES string of the molecule is CN(C)c1ccc(/C=C2\C(=O)NN(c3cccc(C(F)(F)F)c3)C2=O)cc1. The van der Waals surface area contributed by atoms with Crippen molar-refractivity contribution in [2.75, 3.05) is 24.0 Å². The van der Waals surface area contributed by atoms with E-state index in [1.54, 1.807) is 12.1 Å². The minimum atomic E-state index is -4.55. The monoisotopic (exact) mass is 375 g/mol. The van der Waals surface area contributed by atoms with Crippen LogP contribution in [0.15, 0.2) is 54.1 Å². The molecule has 1 aliphatic heterocycles. The van der Waals surface area contributed by atoms with Crippen molar-refractivity contribution in [2.45, 2.75) is 6.18 Å². The Hall–Kier alpha value is -3.29. The third-order valence-electron chi connectivity index (χ3n) is 4.04. The van der Waals surface area contributed by atoms with E-state index in [1.807, 2.05) is 31.1 Å². The zero-order valence-corrected chi connectivity index (χ0v) is 14.5. The number of hydrazine groups is 1.